The predicted molar refractivity (Wildman–Crippen MR) is 128 cm³/mol. The highest BCUT2D eigenvalue weighted by Gasteiger charge is 2.59. The van der Waals surface area contributed by atoms with Crippen molar-refractivity contribution in [1.82, 2.24) is 20.0 Å². The molecule has 1 saturated heterocycles. The number of pyridine rings is 2. The van der Waals surface area contributed by atoms with E-state index in [1.807, 2.05) is 0 Å². The van der Waals surface area contributed by atoms with Gasteiger partial charge >= 0.3 is 12.7 Å². The maximum absolute atomic E-state index is 15.2. The van der Waals surface area contributed by atoms with Gasteiger partial charge in [0, 0.05) is 6.54 Å². The Balaban J connectivity index is 1.66. The van der Waals surface area contributed by atoms with Crippen molar-refractivity contribution in [2.75, 3.05) is 11.9 Å². The van der Waals surface area contributed by atoms with Gasteiger partial charge in [0.2, 0.25) is 0 Å². The molecule has 0 radical (unpaired) electrons. The molecule has 4 N–H and O–H groups in total. The monoisotopic (exact) mass is 528 g/mol. The second-order valence-corrected chi connectivity index (χ2v) is 12.6. The van der Waals surface area contributed by atoms with E-state index in [0.29, 0.717) is 18.7 Å². The summed E-state index contributed by atoms with van der Waals surface area (Å²) in [6, 6.07) is 5.46. The van der Waals surface area contributed by atoms with Gasteiger partial charge in [-0.1, -0.05) is 0 Å². The van der Waals surface area contributed by atoms with E-state index in [1.54, 1.807) is 20.8 Å². The quantitative estimate of drug-likeness (QED) is 0.364. The van der Waals surface area contributed by atoms with Gasteiger partial charge in [-0.15, -0.1) is 0 Å². The summed E-state index contributed by atoms with van der Waals surface area (Å²) in [6.07, 6.45) is 0.236. The number of amidine groups is 1. The average Bonchev–Trinajstić information content (AvgIpc) is 3.22. The Kier molecular flexibility index (Phi) is 6.68. The van der Waals surface area contributed by atoms with Crippen molar-refractivity contribution < 1.29 is 32.0 Å². The van der Waals surface area contributed by atoms with Crippen LogP contribution in [0.4, 0.5) is 23.8 Å². The molecule has 36 heavy (non-hydrogen) atoms. The maximum atomic E-state index is 15.2. The van der Waals surface area contributed by atoms with Crippen LogP contribution in [-0.2, 0) is 22.2 Å². The van der Waals surface area contributed by atoms with Crippen LogP contribution < -0.4 is 20.1 Å². The third-order valence-electron chi connectivity index (χ3n) is 6.63. The van der Waals surface area contributed by atoms with E-state index in [4.69, 9.17) is 0 Å². The van der Waals surface area contributed by atoms with E-state index >= 15 is 4.39 Å². The van der Waals surface area contributed by atoms with Crippen LogP contribution in [0, 0.1) is 5.82 Å². The van der Waals surface area contributed by atoms with Crippen LogP contribution in [-0.4, -0.2) is 54.4 Å². The molecule has 196 valence electrons. The smallest absolute Gasteiger partial charge is 0.410 e. The number of nitrogens with zero attached hydrogens (tertiary/aromatic N) is 3. The molecule has 4 rings (SSSR count). The first-order valence-electron chi connectivity index (χ1n) is 11.1. The van der Waals surface area contributed by atoms with E-state index in [-0.39, 0.29) is 29.6 Å². The van der Waals surface area contributed by atoms with Crippen molar-refractivity contribution in [2.45, 2.75) is 55.9 Å². The van der Waals surface area contributed by atoms with Crippen LogP contribution in [0.3, 0.4) is 0 Å². The Labute approximate surface area is 206 Å². The summed E-state index contributed by atoms with van der Waals surface area (Å²) in [4.78, 5) is 24.5. The number of alkyl halides is 2. The van der Waals surface area contributed by atoms with E-state index in [1.165, 1.54) is 24.3 Å². The zero-order valence-corrected chi connectivity index (χ0v) is 20.7. The third-order valence-corrected chi connectivity index (χ3v) is 10.8. The number of halogens is 3. The molecule has 4 heterocycles. The topological polar surface area (TPSA) is 138 Å². The highest BCUT2D eigenvalue weighted by Crippen LogP contribution is 2.48. The lowest BCUT2D eigenvalue weighted by atomic mass is 9.89. The van der Waals surface area contributed by atoms with Gasteiger partial charge < -0.3 is 15.2 Å². The predicted octanol–water partition coefficient (Wildman–Crippen LogP) is 2.80. The molecule has 0 bridgehead atoms. The van der Waals surface area contributed by atoms with Crippen molar-refractivity contribution in [3.05, 3.63) is 47.7 Å². The fourth-order valence-corrected chi connectivity index (χ4v) is 8.40. The van der Waals surface area contributed by atoms with E-state index in [0.717, 1.165) is 6.20 Å². The second kappa shape index (κ2) is 9.32. The molecule has 1 amide bonds. The lowest BCUT2D eigenvalue weighted by molar-refractivity contribution is -0.0501. The minimum absolute atomic E-state index is 0.0265. The Morgan fingerprint density at radius 2 is 2.06 bits per heavy atom. The molecule has 2 aliphatic rings. The molecular formula is C22H27F3N6O4S. The van der Waals surface area contributed by atoms with Gasteiger partial charge in [-0.2, -0.15) is 8.78 Å². The van der Waals surface area contributed by atoms with Crippen LogP contribution >= 0.6 is 0 Å². The number of aliphatic imine (C=N–C) groups is 1. The number of hydrogen-bond donors (Lipinski definition) is 5. The SMILES string of the molecule is CC1(C)C(NC(=O)O)=N[C@](C)(c2nc(NCc3ccc(OC(F)F)cn3)ccc2F)[C@H]2CCN[SH]21=O. The average molecular weight is 529 g/mol. The van der Waals surface area contributed by atoms with Crippen molar-refractivity contribution >= 4 is 27.9 Å². The number of carbonyl (C=O) groups is 1. The minimum atomic E-state index is -3.30. The number of fused-ring (bicyclic) bond motifs is 1. The minimum Gasteiger partial charge on any atom is -0.465 e. The normalized spacial score (nSPS) is 25.0. The number of carboxylic acid groups (broad SMARTS) is 1. The summed E-state index contributed by atoms with van der Waals surface area (Å²) in [6.45, 7) is 2.51. The Bertz CT molecular complexity index is 1240. The zero-order valence-electron chi connectivity index (χ0n) is 19.8. The van der Waals surface area contributed by atoms with Gasteiger partial charge in [-0.3, -0.25) is 24.2 Å². The van der Waals surface area contributed by atoms with Crippen LogP contribution in [0.1, 0.15) is 38.6 Å². The van der Waals surface area contributed by atoms with Gasteiger partial charge in [-0.05, 0) is 61.6 Å². The van der Waals surface area contributed by atoms with E-state index < -0.39 is 44.2 Å². The van der Waals surface area contributed by atoms with Crippen LogP contribution in [0.5, 0.6) is 5.75 Å². The molecule has 2 aliphatic heterocycles. The van der Waals surface area contributed by atoms with Gasteiger partial charge in [0.25, 0.3) is 0 Å². The summed E-state index contributed by atoms with van der Waals surface area (Å²) in [5.41, 5.74) is -0.999. The number of rotatable bonds is 6. The van der Waals surface area contributed by atoms with Crippen LogP contribution in [0.15, 0.2) is 35.5 Å². The maximum Gasteiger partial charge on any atom is 0.410 e. The Morgan fingerprint density at radius 3 is 2.69 bits per heavy atom. The molecule has 2 aromatic rings. The first-order chi connectivity index (χ1) is 16.9. The molecule has 10 nitrogen and oxygen atoms in total. The number of anilines is 1. The van der Waals surface area contributed by atoms with Crippen molar-refractivity contribution in [3.63, 3.8) is 0 Å². The molecule has 0 aromatic carbocycles. The molecular weight excluding hydrogens is 501 g/mol. The second-order valence-electron chi connectivity index (χ2n) is 9.21. The standard InChI is InChI=1S/C22H27F3N6O4S/c1-21(2)18(30-20(32)33)31-22(3,15-8-9-28-36(15,21)34)17-14(23)6-7-16(29-17)27-10-12-4-5-13(11-26-12)35-19(24)25/h4-7,11,15,19,36H,8-10H2,1-3H3,(H,27,29)(H,28,34)(H,30,31)(H,32,33)/t15-,22+/m1/s1. The van der Waals surface area contributed by atoms with Crippen molar-refractivity contribution in [1.29, 1.82) is 0 Å². The number of hydrogen-bond acceptors (Lipinski definition) is 7. The lowest BCUT2D eigenvalue weighted by Gasteiger charge is -2.50. The van der Waals surface area contributed by atoms with E-state index in [9.17, 15) is 22.9 Å². The molecule has 0 spiro atoms. The fourth-order valence-electron chi connectivity index (χ4n) is 4.74. The first kappa shape index (κ1) is 25.8. The number of thiol groups is 1. The van der Waals surface area contributed by atoms with Gasteiger partial charge in [0.1, 0.15) is 34.5 Å². The van der Waals surface area contributed by atoms with Gasteiger partial charge in [-0.25, -0.2) is 14.2 Å². The number of nitrogens with one attached hydrogen (secondary N) is 3. The van der Waals surface area contributed by atoms with Crippen LogP contribution in [0.2, 0.25) is 0 Å². The Morgan fingerprint density at radius 1 is 1.31 bits per heavy atom. The summed E-state index contributed by atoms with van der Waals surface area (Å²) < 4.78 is 60.2. The summed E-state index contributed by atoms with van der Waals surface area (Å²) in [5.74, 6) is -0.508. The Hall–Kier alpha value is -3.26. The summed E-state index contributed by atoms with van der Waals surface area (Å²) in [5, 5.41) is 14.0. The summed E-state index contributed by atoms with van der Waals surface area (Å²) >= 11 is 0. The van der Waals surface area contributed by atoms with Crippen LogP contribution in [0.25, 0.3) is 0 Å². The lowest BCUT2D eigenvalue weighted by Crippen LogP contribution is -2.66. The molecule has 0 unspecified atom stereocenters. The third kappa shape index (κ3) is 4.50. The number of ether oxygens (including phenoxy) is 1. The molecule has 2 atom stereocenters. The zero-order chi connectivity index (χ0) is 26.3. The largest absolute Gasteiger partial charge is 0.465 e. The van der Waals surface area contributed by atoms with Gasteiger partial charge in [0.05, 0.1) is 28.4 Å². The highest BCUT2D eigenvalue weighted by atomic mass is 32.3. The van der Waals surface area contributed by atoms with Crippen molar-refractivity contribution in [3.8, 4) is 5.75 Å². The number of aromatic nitrogens is 2. The van der Waals surface area contributed by atoms with Gasteiger partial charge in [0.15, 0.2) is 0 Å². The molecule has 1 fully saturated rings. The highest BCUT2D eigenvalue weighted by molar-refractivity contribution is 8.04. The summed E-state index contributed by atoms with van der Waals surface area (Å²) in [7, 11) is -3.30. The first-order valence-corrected chi connectivity index (χ1v) is 12.9. The van der Waals surface area contributed by atoms with Crippen molar-refractivity contribution in [2.24, 2.45) is 4.99 Å². The molecule has 14 heteroatoms. The van der Waals surface area contributed by atoms with E-state index in [2.05, 4.69) is 35.1 Å². The molecule has 0 aliphatic carbocycles. The molecule has 2 aromatic heterocycles. The number of amides is 1. The molecule has 0 saturated carbocycles. The fraction of sp³-hybridized carbons (Fsp3) is 0.455.